The van der Waals surface area contributed by atoms with Crippen molar-refractivity contribution >= 4 is 11.8 Å². The molecule has 0 fully saturated rings. The number of benzene rings is 1. The molecular weight excluding hydrogens is 405 g/mol. The van der Waals surface area contributed by atoms with Gasteiger partial charge in [-0.05, 0) is 41.0 Å². The molecule has 2 N–H and O–H groups in total. The number of alkyl halides is 2. The normalized spacial score (nSPS) is 22.0. The van der Waals surface area contributed by atoms with E-state index in [0.717, 1.165) is 6.20 Å². The highest BCUT2D eigenvalue weighted by molar-refractivity contribution is 6.12. The van der Waals surface area contributed by atoms with Gasteiger partial charge in [-0.3, -0.25) is 19.9 Å². The van der Waals surface area contributed by atoms with Crippen LogP contribution in [0.4, 0.5) is 13.2 Å². The highest BCUT2D eigenvalue weighted by atomic mass is 19.3. The van der Waals surface area contributed by atoms with Crippen molar-refractivity contribution in [3.8, 4) is 11.1 Å². The summed E-state index contributed by atoms with van der Waals surface area (Å²) in [5.74, 6) is -3.17. The Morgan fingerprint density at radius 2 is 1.74 bits per heavy atom. The summed E-state index contributed by atoms with van der Waals surface area (Å²) in [4.78, 5) is 18.1. The fourth-order valence-electron chi connectivity index (χ4n) is 4.05. The Morgan fingerprint density at radius 3 is 2.52 bits per heavy atom. The van der Waals surface area contributed by atoms with Gasteiger partial charge in [0.15, 0.2) is 11.5 Å². The number of nitrogens with zero attached hydrogens (tertiary/aromatic N) is 5. The zero-order valence-corrected chi connectivity index (χ0v) is 16.2. The molecule has 5 rings (SSSR count). The SMILES string of the molecule is NC1=NC(c2ccncc2)(c2cccc(-c3cncc(F)c3)c2)C2=NCC(F)(F)CN12. The van der Waals surface area contributed by atoms with Crippen LogP contribution in [0.3, 0.4) is 0 Å². The number of aromatic nitrogens is 2. The van der Waals surface area contributed by atoms with Gasteiger partial charge >= 0.3 is 0 Å². The molecule has 0 spiro atoms. The molecule has 31 heavy (non-hydrogen) atoms. The Balaban J connectivity index is 1.73. The lowest BCUT2D eigenvalue weighted by molar-refractivity contribution is -0.00437. The minimum absolute atomic E-state index is 0.0345. The maximum Gasteiger partial charge on any atom is 0.284 e. The molecule has 0 aliphatic carbocycles. The van der Waals surface area contributed by atoms with Crippen molar-refractivity contribution in [3.05, 3.63) is 84.2 Å². The van der Waals surface area contributed by atoms with E-state index in [-0.39, 0.29) is 5.96 Å². The Kier molecular flexibility index (Phi) is 4.28. The van der Waals surface area contributed by atoms with Crippen LogP contribution in [0.2, 0.25) is 0 Å². The molecule has 4 heterocycles. The monoisotopic (exact) mass is 422 g/mol. The number of amidine groups is 1. The number of guanidine groups is 1. The van der Waals surface area contributed by atoms with E-state index in [2.05, 4.69) is 20.0 Å². The third kappa shape index (κ3) is 3.13. The van der Waals surface area contributed by atoms with Gasteiger partial charge in [0.1, 0.15) is 18.2 Å². The molecule has 0 saturated carbocycles. The predicted octanol–water partition coefficient (Wildman–Crippen LogP) is 3.20. The van der Waals surface area contributed by atoms with Crippen LogP contribution in [0.25, 0.3) is 11.1 Å². The zero-order chi connectivity index (χ0) is 21.6. The van der Waals surface area contributed by atoms with Gasteiger partial charge in [0, 0.05) is 24.2 Å². The number of hydrogen-bond donors (Lipinski definition) is 1. The zero-order valence-electron chi connectivity index (χ0n) is 16.2. The van der Waals surface area contributed by atoms with Crippen LogP contribution < -0.4 is 5.73 Å². The van der Waals surface area contributed by atoms with Crippen molar-refractivity contribution < 1.29 is 13.2 Å². The largest absolute Gasteiger partial charge is 0.369 e. The summed E-state index contributed by atoms with van der Waals surface area (Å²) in [5.41, 5.74) is 7.52. The summed E-state index contributed by atoms with van der Waals surface area (Å²) >= 11 is 0. The second-order valence-corrected chi connectivity index (χ2v) is 7.47. The topological polar surface area (TPSA) is 79.8 Å². The molecule has 6 nitrogen and oxygen atoms in total. The van der Waals surface area contributed by atoms with E-state index in [4.69, 9.17) is 5.73 Å². The van der Waals surface area contributed by atoms with Crippen LogP contribution in [-0.2, 0) is 5.54 Å². The molecule has 1 unspecified atom stereocenters. The summed E-state index contributed by atoms with van der Waals surface area (Å²) < 4.78 is 41.9. The van der Waals surface area contributed by atoms with Crippen molar-refractivity contribution in [1.29, 1.82) is 0 Å². The van der Waals surface area contributed by atoms with Gasteiger partial charge in [-0.15, -0.1) is 0 Å². The smallest absolute Gasteiger partial charge is 0.284 e. The van der Waals surface area contributed by atoms with E-state index in [1.165, 1.54) is 11.0 Å². The van der Waals surface area contributed by atoms with Crippen LogP contribution in [0.5, 0.6) is 0 Å². The van der Waals surface area contributed by atoms with Crippen molar-refractivity contribution in [2.45, 2.75) is 11.5 Å². The van der Waals surface area contributed by atoms with Gasteiger partial charge in [-0.2, -0.15) is 0 Å². The van der Waals surface area contributed by atoms with E-state index in [0.29, 0.717) is 28.1 Å². The van der Waals surface area contributed by atoms with E-state index < -0.39 is 30.4 Å². The van der Waals surface area contributed by atoms with Gasteiger partial charge in [0.05, 0.1) is 12.7 Å². The standard InChI is InChI=1S/C22H17F3N6/c23-18-9-15(10-28-11-18)14-2-1-3-17(8-14)22(16-4-6-27-7-5-16)19-29-12-21(24,25)13-31(19)20(26)30-22/h1-11H,12-13H2,(H2,26,30). The molecule has 0 saturated heterocycles. The average Bonchev–Trinajstić information content (AvgIpc) is 3.06. The van der Waals surface area contributed by atoms with E-state index in [9.17, 15) is 13.2 Å². The summed E-state index contributed by atoms with van der Waals surface area (Å²) in [6.45, 7) is -1.25. The minimum Gasteiger partial charge on any atom is -0.369 e. The minimum atomic E-state index is -3.01. The number of rotatable bonds is 3. The molecule has 2 aliphatic heterocycles. The second-order valence-electron chi connectivity index (χ2n) is 7.47. The van der Waals surface area contributed by atoms with Gasteiger partial charge in [0.2, 0.25) is 0 Å². The van der Waals surface area contributed by atoms with Crippen molar-refractivity contribution in [2.75, 3.05) is 13.1 Å². The second kappa shape index (κ2) is 6.90. The molecular formula is C22H17F3N6. The summed E-state index contributed by atoms with van der Waals surface area (Å²) in [6, 6.07) is 12.2. The Labute approximate surface area is 176 Å². The third-order valence-corrected chi connectivity index (χ3v) is 5.40. The number of halogens is 3. The van der Waals surface area contributed by atoms with Gasteiger partial charge in [-0.25, -0.2) is 18.2 Å². The van der Waals surface area contributed by atoms with Crippen LogP contribution in [0.15, 0.2) is 77.2 Å². The maximum absolute atomic E-state index is 14.1. The number of fused-ring (bicyclic) bond motifs is 1. The first kappa shape index (κ1) is 19.2. The molecule has 156 valence electrons. The first-order valence-electron chi connectivity index (χ1n) is 9.57. The molecule has 0 bridgehead atoms. The molecule has 1 atom stereocenters. The summed E-state index contributed by atoms with van der Waals surface area (Å²) in [6.07, 6.45) is 5.88. The fourth-order valence-corrected chi connectivity index (χ4v) is 4.05. The molecule has 3 aromatic rings. The van der Waals surface area contributed by atoms with E-state index >= 15 is 0 Å². The molecule has 1 aromatic carbocycles. The Morgan fingerprint density at radius 1 is 0.935 bits per heavy atom. The first-order chi connectivity index (χ1) is 14.9. The first-order valence-corrected chi connectivity index (χ1v) is 9.57. The maximum atomic E-state index is 14.1. The van der Waals surface area contributed by atoms with Gasteiger partial charge < -0.3 is 5.73 Å². The Bertz CT molecular complexity index is 1210. The lowest BCUT2D eigenvalue weighted by atomic mass is 9.81. The molecule has 0 radical (unpaired) electrons. The summed E-state index contributed by atoms with van der Waals surface area (Å²) in [7, 11) is 0. The highest BCUT2D eigenvalue weighted by Crippen LogP contribution is 2.43. The lowest BCUT2D eigenvalue weighted by Crippen LogP contribution is -2.53. The predicted molar refractivity (Wildman–Crippen MR) is 110 cm³/mol. The number of nitrogens with two attached hydrogens (primary N) is 1. The number of hydrogen-bond acceptors (Lipinski definition) is 6. The summed E-state index contributed by atoms with van der Waals surface area (Å²) in [5, 5.41) is 0. The van der Waals surface area contributed by atoms with Crippen molar-refractivity contribution in [2.24, 2.45) is 15.7 Å². The lowest BCUT2D eigenvalue weighted by Gasteiger charge is -2.35. The van der Waals surface area contributed by atoms with Crippen LogP contribution in [0.1, 0.15) is 11.1 Å². The highest BCUT2D eigenvalue weighted by Gasteiger charge is 2.53. The van der Waals surface area contributed by atoms with Crippen LogP contribution in [-0.4, -0.2) is 45.7 Å². The van der Waals surface area contributed by atoms with E-state index in [1.807, 2.05) is 18.2 Å². The average molecular weight is 422 g/mol. The number of aliphatic imine (C=N–C) groups is 2. The third-order valence-electron chi connectivity index (χ3n) is 5.40. The van der Waals surface area contributed by atoms with Crippen LogP contribution in [0, 0.1) is 5.82 Å². The van der Waals surface area contributed by atoms with E-state index in [1.54, 1.807) is 36.8 Å². The molecule has 2 aromatic heterocycles. The molecule has 0 amide bonds. The number of pyridine rings is 2. The van der Waals surface area contributed by atoms with Gasteiger partial charge in [-0.1, -0.05) is 18.2 Å². The van der Waals surface area contributed by atoms with Crippen molar-refractivity contribution in [3.63, 3.8) is 0 Å². The molecule has 9 heteroatoms. The van der Waals surface area contributed by atoms with Crippen molar-refractivity contribution in [1.82, 2.24) is 14.9 Å². The fraction of sp³-hybridized carbons (Fsp3) is 0.182. The van der Waals surface area contributed by atoms with Gasteiger partial charge in [0.25, 0.3) is 5.92 Å². The quantitative estimate of drug-likeness (QED) is 0.703. The Hall–Kier alpha value is -3.75. The molecule has 2 aliphatic rings. The van der Waals surface area contributed by atoms with Crippen LogP contribution >= 0.6 is 0 Å².